The molecule has 0 saturated carbocycles. The van der Waals surface area contributed by atoms with Gasteiger partial charge in [0.1, 0.15) is 11.6 Å². The van der Waals surface area contributed by atoms with Gasteiger partial charge >= 0.3 is 0 Å². The summed E-state index contributed by atoms with van der Waals surface area (Å²) < 4.78 is 19.2. The van der Waals surface area contributed by atoms with Crippen molar-refractivity contribution in [2.75, 3.05) is 0 Å². The first kappa shape index (κ1) is 14.0. The third-order valence-corrected chi connectivity index (χ3v) is 3.92. The van der Waals surface area contributed by atoms with Crippen molar-refractivity contribution in [2.45, 2.75) is 39.2 Å². The summed E-state index contributed by atoms with van der Waals surface area (Å²) in [6.45, 7) is 2.25. The second-order valence-electron chi connectivity index (χ2n) is 5.48. The fourth-order valence-electron chi connectivity index (χ4n) is 2.68. The van der Waals surface area contributed by atoms with Gasteiger partial charge in [-0.2, -0.15) is 0 Å². The van der Waals surface area contributed by atoms with E-state index in [1.807, 2.05) is 6.92 Å². The van der Waals surface area contributed by atoms with E-state index in [9.17, 15) is 4.39 Å². The van der Waals surface area contributed by atoms with Gasteiger partial charge in [0, 0.05) is 23.9 Å². The lowest BCUT2D eigenvalue weighted by atomic mass is 9.95. The van der Waals surface area contributed by atoms with Gasteiger partial charge in [0.15, 0.2) is 0 Å². The zero-order chi connectivity index (χ0) is 14.8. The molecule has 2 aromatic rings. The second-order valence-corrected chi connectivity index (χ2v) is 5.48. The summed E-state index contributed by atoms with van der Waals surface area (Å²) in [4.78, 5) is 4.63. The predicted octanol–water partition coefficient (Wildman–Crippen LogP) is 3.66. The molecule has 1 aromatic carbocycles. The van der Waals surface area contributed by atoms with Crippen molar-refractivity contribution in [3.63, 3.8) is 0 Å². The van der Waals surface area contributed by atoms with E-state index in [0.29, 0.717) is 18.2 Å². The lowest BCUT2D eigenvalue weighted by Crippen LogP contribution is -2.10. The van der Waals surface area contributed by atoms with Crippen LogP contribution in [0.5, 0.6) is 11.6 Å². The molecule has 1 aliphatic carbocycles. The van der Waals surface area contributed by atoms with Crippen LogP contribution in [0.3, 0.4) is 0 Å². The van der Waals surface area contributed by atoms with Crippen molar-refractivity contribution in [1.82, 2.24) is 4.98 Å². The highest BCUT2D eigenvalue weighted by atomic mass is 19.1. The third kappa shape index (κ3) is 2.90. The van der Waals surface area contributed by atoms with E-state index >= 15 is 0 Å². The van der Waals surface area contributed by atoms with Gasteiger partial charge in [-0.15, -0.1) is 0 Å². The molecular formula is C17H19FN2O. The molecule has 0 unspecified atom stereocenters. The van der Waals surface area contributed by atoms with Gasteiger partial charge in [-0.1, -0.05) is 6.07 Å². The summed E-state index contributed by atoms with van der Waals surface area (Å²) in [5.41, 5.74) is 9.91. The number of rotatable bonds is 3. The molecule has 0 radical (unpaired) electrons. The molecule has 2 N–H and O–H groups in total. The Hall–Kier alpha value is -1.94. The summed E-state index contributed by atoms with van der Waals surface area (Å²) in [6.07, 6.45) is 4.37. The Morgan fingerprint density at radius 3 is 2.86 bits per heavy atom. The van der Waals surface area contributed by atoms with Crippen LogP contribution < -0.4 is 10.5 Å². The number of nitrogens with zero attached hydrogens (tertiary/aromatic N) is 1. The number of nitrogens with two attached hydrogens (primary N) is 1. The number of ether oxygens (including phenoxy) is 1. The molecule has 1 heterocycles. The van der Waals surface area contributed by atoms with Crippen LogP contribution in [-0.2, 0) is 19.4 Å². The number of hydrogen-bond acceptors (Lipinski definition) is 3. The Bertz CT molecular complexity index is 670. The van der Waals surface area contributed by atoms with Crippen LogP contribution in [-0.4, -0.2) is 4.98 Å². The van der Waals surface area contributed by atoms with Crippen LogP contribution in [0.4, 0.5) is 4.39 Å². The average molecular weight is 286 g/mol. The molecule has 3 nitrogen and oxygen atoms in total. The van der Waals surface area contributed by atoms with Crippen molar-refractivity contribution >= 4 is 0 Å². The molecule has 110 valence electrons. The lowest BCUT2D eigenvalue weighted by molar-refractivity contribution is 0.443. The van der Waals surface area contributed by atoms with Crippen molar-refractivity contribution in [2.24, 2.45) is 5.73 Å². The van der Waals surface area contributed by atoms with Crippen molar-refractivity contribution in [1.29, 1.82) is 0 Å². The molecule has 0 spiro atoms. The number of hydrogen-bond donors (Lipinski definition) is 1. The Morgan fingerprint density at radius 2 is 2.05 bits per heavy atom. The molecule has 4 heteroatoms. The topological polar surface area (TPSA) is 48.1 Å². The Kier molecular flexibility index (Phi) is 3.88. The van der Waals surface area contributed by atoms with E-state index < -0.39 is 0 Å². The maximum Gasteiger partial charge on any atom is 0.223 e. The second kappa shape index (κ2) is 5.82. The molecule has 0 amide bonds. The monoisotopic (exact) mass is 286 g/mol. The Morgan fingerprint density at radius 1 is 1.24 bits per heavy atom. The molecule has 0 atom stereocenters. The highest BCUT2D eigenvalue weighted by Gasteiger charge is 2.16. The molecule has 0 fully saturated rings. The highest BCUT2D eigenvalue weighted by molar-refractivity contribution is 5.41. The van der Waals surface area contributed by atoms with Crippen LogP contribution in [0.2, 0.25) is 0 Å². The van der Waals surface area contributed by atoms with E-state index in [-0.39, 0.29) is 5.82 Å². The van der Waals surface area contributed by atoms with E-state index in [0.717, 1.165) is 36.1 Å². The third-order valence-electron chi connectivity index (χ3n) is 3.92. The highest BCUT2D eigenvalue weighted by Crippen LogP contribution is 2.30. The summed E-state index contributed by atoms with van der Waals surface area (Å²) in [7, 11) is 0. The standard InChI is InChI=1S/C17H19FN2O/c1-11-6-7-14(18)9-16(11)21-17-13(10-19)8-12-4-2-3-5-15(12)20-17/h6-9H,2-5,10,19H2,1H3. The zero-order valence-corrected chi connectivity index (χ0v) is 12.2. The fourth-order valence-corrected chi connectivity index (χ4v) is 2.68. The summed E-state index contributed by atoms with van der Waals surface area (Å²) in [5.74, 6) is 0.683. The molecule has 0 saturated heterocycles. The first-order valence-electron chi connectivity index (χ1n) is 7.33. The number of halogens is 1. The first-order chi connectivity index (χ1) is 10.2. The van der Waals surface area contributed by atoms with Gasteiger partial charge in [-0.05, 0) is 55.9 Å². The van der Waals surface area contributed by atoms with Crippen LogP contribution in [0.15, 0.2) is 24.3 Å². The first-order valence-corrected chi connectivity index (χ1v) is 7.33. The van der Waals surface area contributed by atoms with E-state index in [1.165, 1.54) is 24.1 Å². The average Bonchev–Trinajstić information content (AvgIpc) is 2.50. The van der Waals surface area contributed by atoms with E-state index in [4.69, 9.17) is 10.5 Å². The van der Waals surface area contributed by atoms with Crippen molar-refractivity contribution in [3.8, 4) is 11.6 Å². The SMILES string of the molecule is Cc1ccc(F)cc1Oc1nc2c(cc1CN)CCCC2. The minimum Gasteiger partial charge on any atom is -0.438 e. The largest absolute Gasteiger partial charge is 0.438 e. The molecular weight excluding hydrogens is 267 g/mol. The van der Waals surface area contributed by atoms with Gasteiger partial charge in [-0.3, -0.25) is 0 Å². The molecule has 21 heavy (non-hydrogen) atoms. The summed E-state index contributed by atoms with van der Waals surface area (Å²) >= 11 is 0. The predicted molar refractivity (Wildman–Crippen MR) is 80.0 cm³/mol. The number of pyridine rings is 1. The van der Waals surface area contributed by atoms with Crippen LogP contribution in [0.25, 0.3) is 0 Å². The minimum atomic E-state index is -0.317. The molecule has 3 rings (SSSR count). The zero-order valence-electron chi connectivity index (χ0n) is 12.2. The number of fused-ring (bicyclic) bond motifs is 1. The summed E-state index contributed by atoms with van der Waals surface area (Å²) in [5, 5.41) is 0. The van der Waals surface area contributed by atoms with Crippen molar-refractivity contribution < 1.29 is 9.13 Å². The lowest BCUT2D eigenvalue weighted by Gasteiger charge is -2.18. The smallest absolute Gasteiger partial charge is 0.223 e. The van der Waals surface area contributed by atoms with Gasteiger partial charge < -0.3 is 10.5 Å². The summed E-state index contributed by atoms with van der Waals surface area (Å²) in [6, 6.07) is 6.60. The number of aryl methyl sites for hydroxylation is 3. The van der Waals surface area contributed by atoms with Crippen LogP contribution in [0.1, 0.15) is 35.2 Å². The molecule has 0 bridgehead atoms. The van der Waals surface area contributed by atoms with E-state index in [1.54, 1.807) is 6.07 Å². The molecule has 1 aliphatic rings. The number of benzene rings is 1. The van der Waals surface area contributed by atoms with E-state index in [2.05, 4.69) is 11.1 Å². The van der Waals surface area contributed by atoms with Crippen molar-refractivity contribution in [3.05, 3.63) is 52.5 Å². The van der Waals surface area contributed by atoms with Gasteiger partial charge in [0.05, 0.1) is 0 Å². The fraction of sp³-hybridized carbons (Fsp3) is 0.353. The Balaban J connectivity index is 1.99. The maximum atomic E-state index is 13.4. The van der Waals surface area contributed by atoms with Crippen LogP contribution >= 0.6 is 0 Å². The maximum absolute atomic E-state index is 13.4. The van der Waals surface area contributed by atoms with Gasteiger partial charge in [0.25, 0.3) is 0 Å². The normalized spacial score (nSPS) is 13.9. The number of aromatic nitrogens is 1. The molecule has 1 aromatic heterocycles. The van der Waals surface area contributed by atoms with Gasteiger partial charge in [0.2, 0.25) is 5.88 Å². The molecule has 0 aliphatic heterocycles. The minimum absolute atomic E-state index is 0.317. The quantitative estimate of drug-likeness (QED) is 0.936. The Labute approximate surface area is 124 Å². The van der Waals surface area contributed by atoms with Gasteiger partial charge in [-0.25, -0.2) is 9.37 Å². The van der Waals surface area contributed by atoms with Crippen LogP contribution in [0, 0.1) is 12.7 Å².